The first-order valence-corrected chi connectivity index (χ1v) is 19.8. The van der Waals surface area contributed by atoms with Crippen molar-refractivity contribution in [3.63, 3.8) is 0 Å². The van der Waals surface area contributed by atoms with Crippen LogP contribution in [0.5, 0.6) is 0 Å². The summed E-state index contributed by atoms with van der Waals surface area (Å²) in [6.45, 7) is 0. The van der Waals surface area contributed by atoms with E-state index in [9.17, 15) is 0 Å². The summed E-state index contributed by atoms with van der Waals surface area (Å²) in [6.07, 6.45) is 0. The van der Waals surface area contributed by atoms with E-state index in [1.807, 2.05) is 11.3 Å². The van der Waals surface area contributed by atoms with Crippen molar-refractivity contribution in [1.82, 2.24) is 0 Å². The molecule has 1 heterocycles. The third-order valence-corrected chi connectivity index (χ3v) is 13.3. The molecule has 0 bridgehead atoms. The molecular weight excluding hydrogens is 683 g/mol. The molecule has 1 aromatic heterocycles. The lowest BCUT2D eigenvalue weighted by atomic mass is 9.70. The van der Waals surface area contributed by atoms with Gasteiger partial charge < -0.3 is 4.90 Å². The van der Waals surface area contributed by atoms with Gasteiger partial charge in [-0.25, -0.2) is 0 Å². The summed E-state index contributed by atoms with van der Waals surface area (Å²) >= 11 is 1.89. The summed E-state index contributed by atoms with van der Waals surface area (Å²) in [7, 11) is 0. The van der Waals surface area contributed by atoms with Gasteiger partial charge in [-0.05, 0) is 79.5 Å². The van der Waals surface area contributed by atoms with Crippen molar-refractivity contribution in [2.75, 3.05) is 4.90 Å². The van der Waals surface area contributed by atoms with Gasteiger partial charge in [0, 0.05) is 26.6 Å². The Balaban J connectivity index is 1.22. The highest BCUT2D eigenvalue weighted by Crippen LogP contribution is 2.65. The number of benzene rings is 9. The molecule has 0 radical (unpaired) electrons. The molecule has 0 atom stereocenters. The third-order valence-electron chi connectivity index (χ3n) is 12.1. The van der Waals surface area contributed by atoms with Crippen LogP contribution in [0.4, 0.5) is 17.1 Å². The molecule has 55 heavy (non-hydrogen) atoms. The minimum absolute atomic E-state index is 0.431. The Morgan fingerprint density at radius 3 is 1.62 bits per heavy atom. The normalized spacial score (nSPS) is 13.2. The monoisotopic (exact) mass is 715 g/mol. The fourth-order valence-electron chi connectivity index (χ4n) is 9.96. The van der Waals surface area contributed by atoms with Crippen LogP contribution in [0.25, 0.3) is 64.3 Å². The Morgan fingerprint density at radius 2 is 0.818 bits per heavy atom. The van der Waals surface area contributed by atoms with E-state index >= 15 is 0 Å². The second-order valence-electron chi connectivity index (χ2n) is 14.7. The molecule has 256 valence electrons. The van der Waals surface area contributed by atoms with Crippen LogP contribution in [0.15, 0.2) is 200 Å². The summed E-state index contributed by atoms with van der Waals surface area (Å²) in [6, 6.07) is 74.5. The van der Waals surface area contributed by atoms with Crippen molar-refractivity contribution in [2.24, 2.45) is 0 Å². The van der Waals surface area contributed by atoms with E-state index in [0.717, 1.165) is 5.69 Å². The van der Waals surface area contributed by atoms with Crippen molar-refractivity contribution in [3.05, 3.63) is 222 Å². The number of hydrogen-bond acceptors (Lipinski definition) is 2. The van der Waals surface area contributed by atoms with Crippen LogP contribution < -0.4 is 4.90 Å². The van der Waals surface area contributed by atoms with E-state index in [-0.39, 0.29) is 0 Å². The van der Waals surface area contributed by atoms with Crippen LogP contribution in [0.2, 0.25) is 0 Å². The molecule has 12 rings (SSSR count). The number of anilines is 3. The Kier molecular flexibility index (Phi) is 6.49. The molecule has 2 aliphatic carbocycles. The zero-order valence-electron chi connectivity index (χ0n) is 29.9. The molecule has 0 N–H and O–H groups in total. The van der Waals surface area contributed by atoms with Gasteiger partial charge in [-0.2, -0.15) is 0 Å². The summed E-state index contributed by atoms with van der Waals surface area (Å²) < 4.78 is 2.58. The van der Waals surface area contributed by atoms with Gasteiger partial charge in [0.15, 0.2) is 0 Å². The van der Waals surface area contributed by atoms with Crippen LogP contribution >= 0.6 is 11.3 Å². The van der Waals surface area contributed by atoms with Crippen molar-refractivity contribution >= 4 is 59.3 Å². The topological polar surface area (TPSA) is 3.24 Å². The van der Waals surface area contributed by atoms with Crippen LogP contribution in [0, 0.1) is 0 Å². The Hall–Kier alpha value is -6.74. The van der Waals surface area contributed by atoms with Crippen LogP contribution in [0.3, 0.4) is 0 Å². The minimum atomic E-state index is -0.431. The first-order valence-electron chi connectivity index (χ1n) is 19.0. The zero-order valence-corrected chi connectivity index (χ0v) is 30.7. The highest BCUT2D eigenvalue weighted by Gasteiger charge is 2.52. The average Bonchev–Trinajstić information content (AvgIpc) is 3.89. The van der Waals surface area contributed by atoms with E-state index in [4.69, 9.17) is 0 Å². The van der Waals surface area contributed by atoms with Gasteiger partial charge in [0.1, 0.15) is 0 Å². The van der Waals surface area contributed by atoms with Gasteiger partial charge >= 0.3 is 0 Å². The molecular formula is C53H33NS. The third kappa shape index (κ3) is 4.12. The molecule has 10 aromatic rings. The SMILES string of the molecule is c1ccc(N(c2cccc3c2-c2ccccc2C32c3ccccc3-c3ccccc32)c2cccc3c2sc2ccccc23)c(-c2cccc3ccccc23)c1. The van der Waals surface area contributed by atoms with E-state index in [0.29, 0.717) is 0 Å². The van der Waals surface area contributed by atoms with Gasteiger partial charge in [0.2, 0.25) is 0 Å². The predicted molar refractivity (Wildman–Crippen MR) is 233 cm³/mol. The molecule has 0 amide bonds. The van der Waals surface area contributed by atoms with Gasteiger partial charge in [-0.1, -0.05) is 176 Å². The first kappa shape index (κ1) is 30.7. The predicted octanol–water partition coefficient (Wildman–Crippen LogP) is 14.7. The summed E-state index contributed by atoms with van der Waals surface area (Å²) in [5, 5.41) is 5.07. The molecule has 0 aliphatic heterocycles. The highest BCUT2D eigenvalue weighted by molar-refractivity contribution is 7.26. The Morgan fingerprint density at radius 1 is 0.327 bits per heavy atom. The van der Waals surface area contributed by atoms with Crippen LogP contribution in [-0.4, -0.2) is 0 Å². The van der Waals surface area contributed by atoms with E-state index < -0.39 is 5.41 Å². The number of rotatable bonds is 4. The van der Waals surface area contributed by atoms with Crippen molar-refractivity contribution < 1.29 is 0 Å². The maximum Gasteiger partial charge on any atom is 0.0726 e. The largest absolute Gasteiger partial charge is 0.308 e. The number of para-hydroxylation sites is 1. The van der Waals surface area contributed by atoms with Gasteiger partial charge in [-0.3, -0.25) is 0 Å². The van der Waals surface area contributed by atoms with E-state index in [1.54, 1.807) is 0 Å². The van der Waals surface area contributed by atoms with Crippen molar-refractivity contribution in [1.29, 1.82) is 0 Å². The van der Waals surface area contributed by atoms with Gasteiger partial charge in [0.05, 0.1) is 27.2 Å². The highest BCUT2D eigenvalue weighted by atomic mass is 32.1. The molecule has 1 nitrogen and oxygen atoms in total. The molecule has 9 aromatic carbocycles. The number of fused-ring (bicyclic) bond motifs is 14. The second kappa shape index (κ2) is 11.6. The molecule has 0 fully saturated rings. The lowest BCUT2D eigenvalue weighted by molar-refractivity contribution is 0.794. The van der Waals surface area contributed by atoms with E-state index in [1.165, 1.54) is 98.0 Å². The molecule has 0 unspecified atom stereocenters. The summed E-state index contributed by atoms with van der Waals surface area (Å²) in [5.74, 6) is 0. The average molecular weight is 716 g/mol. The summed E-state index contributed by atoms with van der Waals surface area (Å²) in [4.78, 5) is 2.58. The van der Waals surface area contributed by atoms with Gasteiger partial charge in [-0.15, -0.1) is 11.3 Å². The van der Waals surface area contributed by atoms with Crippen molar-refractivity contribution in [3.8, 4) is 33.4 Å². The number of hydrogen-bond donors (Lipinski definition) is 0. The second-order valence-corrected chi connectivity index (χ2v) is 15.8. The van der Waals surface area contributed by atoms with Gasteiger partial charge in [0.25, 0.3) is 0 Å². The molecule has 1 spiro atoms. The van der Waals surface area contributed by atoms with Crippen molar-refractivity contribution in [2.45, 2.75) is 5.41 Å². The summed E-state index contributed by atoms with van der Waals surface area (Å²) in [5.41, 5.74) is 16.1. The molecule has 0 saturated carbocycles. The number of nitrogens with zero attached hydrogens (tertiary/aromatic N) is 1. The molecule has 2 heteroatoms. The zero-order chi connectivity index (χ0) is 36.1. The fraction of sp³-hybridized carbons (Fsp3) is 0.0189. The van der Waals surface area contributed by atoms with E-state index in [2.05, 4.69) is 205 Å². The lowest BCUT2D eigenvalue weighted by Gasteiger charge is -2.32. The maximum absolute atomic E-state index is 2.58. The minimum Gasteiger partial charge on any atom is -0.308 e. The smallest absolute Gasteiger partial charge is 0.0726 e. The lowest BCUT2D eigenvalue weighted by Crippen LogP contribution is -2.26. The van der Waals surface area contributed by atoms with Crippen LogP contribution in [0.1, 0.15) is 22.3 Å². The number of thiophene rings is 1. The fourth-order valence-corrected chi connectivity index (χ4v) is 11.2. The Labute approximate surface area is 324 Å². The maximum atomic E-state index is 2.58. The standard InChI is InChI=1S/C53H33NS/c1-2-18-35-34(16-1)17-13-24-36(35)39-21-6-11-30-47(39)54(49-32-14-25-41-40-22-7-12-33-50(40)55-52(41)49)48-31-15-29-46-51(48)42-23-5-10-28-45(42)53(46)43-26-8-3-19-37(43)38-20-4-9-27-44(38)53/h1-33H. The molecule has 0 saturated heterocycles. The van der Waals surface area contributed by atoms with Crippen LogP contribution in [-0.2, 0) is 5.41 Å². The Bertz CT molecular complexity index is 3130. The first-order chi connectivity index (χ1) is 27.3. The molecule has 2 aliphatic rings. The quantitative estimate of drug-likeness (QED) is 0.175.